The summed E-state index contributed by atoms with van der Waals surface area (Å²) in [6.07, 6.45) is 5.18. The first kappa shape index (κ1) is 15.1. The molecule has 0 atom stereocenters. The SMILES string of the molecule is CCCNCc1sc(-c2ncccc2C)nc1CCC. The van der Waals surface area contributed by atoms with E-state index in [0.29, 0.717) is 0 Å². The number of hydrogen-bond donors (Lipinski definition) is 1. The molecule has 0 aromatic carbocycles. The van der Waals surface area contributed by atoms with Crippen LogP contribution in [0.5, 0.6) is 0 Å². The van der Waals surface area contributed by atoms with E-state index < -0.39 is 0 Å². The normalized spacial score (nSPS) is 10.9. The van der Waals surface area contributed by atoms with Gasteiger partial charge < -0.3 is 5.32 Å². The third-order valence-corrected chi connectivity index (χ3v) is 4.29. The third kappa shape index (κ3) is 3.64. The summed E-state index contributed by atoms with van der Waals surface area (Å²) in [4.78, 5) is 10.7. The first-order valence-electron chi connectivity index (χ1n) is 7.37. The molecule has 0 spiro atoms. The zero-order valence-electron chi connectivity index (χ0n) is 12.6. The summed E-state index contributed by atoms with van der Waals surface area (Å²) < 4.78 is 0. The fourth-order valence-corrected chi connectivity index (χ4v) is 3.28. The maximum Gasteiger partial charge on any atom is 0.142 e. The van der Waals surface area contributed by atoms with Gasteiger partial charge in [0.05, 0.1) is 5.69 Å². The number of thiazole rings is 1. The first-order chi connectivity index (χ1) is 9.76. The van der Waals surface area contributed by atoms with Crippen molar-refractivity contribution in [2.45, 2.75) is 46.6 Å². The van der Waals surface area contributed by atoms with Gasteiger partial charge in [-0.15, -0.1) is 11.3 Å². The standard InChI is InChI=1S/C16H23N3S/c1-4-7-13-14(11-17-9-5-2)20-16(19-13)15-12(3)8-6-10-18-15/h6,8,10,17H,4-5,7,9,11H2,1-3H3. The van der Waals surface area contributed by atoms with Gasteiger partial charge >= 0.3 is 0 Å². The van der Waals surface area contributed by atoms with Crippen molar-refractivity contribution in [3.05, 3.63) is 34.5 Å². The Morgan fingerprint density at radius 1 is 1.25 bits per heavy atom. The lowest BCUT2D eigenvalue weighted by atomic mass is 10.2. The van der Waals surface area contributed by atoms with Crippen LogP contribution in [-0.2, 0) is 13.0 Å². The smallest absolute Gasteiger partial charge is 0.142 e. The number of nitrogens with one attached hydrogen (secondary N) is 1. The van der Waals surface area contributed by atoms with E-state index >= 15 is 0 Å². The summed E-state index contributed by atoms with van der Waals surface area (Å²) in [5.41, 5.74) is 3.45. The molecular formula is C16H23N3S. The summed E-state index contributed by atoms with van der Waals surface area (Å²) in [5, 5.41) is 4.53. The monoisotopic (exact) mass is 289 g/mol. The van der Waals surface area contributed by atoms with Gasteiger partial charge in [-0.1, -0.05) is 26.3 Å². The zero-order chi connectivity index (χ0) is 14.4. The van der Waals surface area contributed by atoms with E-state index in [9.17, 15) is 0 Å². The Bertz CT molecular complexity index is 548. The molecule has 0 aliphatic rings. The van der Waals surface area contributed by atoms with Gasteiger partial charge in [-0.25, -0.2) is 4.98 Å². The van der Waals surface area contributed by atoms with Crippen LogP contribution in [-0.4, -0.2) is 16.5 Å². The fourth-order valence-electron chi connectivity index (χ4n) is 2.14. The molecule has 2 heterocycles. The average Bonchev–Trinajstić information content (AvgIpc) is 2.83. The van der Waals surface area contributed by atoms with Crippen LogP contribution in [0.25, 0.3) is 10.7 Å². The highest BCUT2D eigenvalue weighted by molar-refractivity contribution is 7.15. The van der Waals surface area contributed by atoms with Crippen molar-refractivity contribution in [1.29, 1.82) is 0 Å². The second kappa shape index (κ2) is 7.50. The molecule has 4 heteroatoms. The molecule has 0 saturated carbocycles. The van der Waals surface area contributed by atoms with E-state index in [1.54, 1.807) is 11.3 Å². The van der Waals surface area contributed by atoms with Crippen molar-refractivity contribution < 1.29 is 0 Å². The van der Waals surface area contributed by atoms with E-state index in [1.165, 1.54) is 16.1 Å². The minimum atomic E-state index is 0.923. The average molecular weight is 289 g/mol. The Morgan fingerprint density at radius 2 is 2.10 bits per heavy atom. The predicted molar refractivity (Wildman–Crippen MR) is 86.1 cm³/mol. The molecule has 20 heavy (non-hydrogen) atoms. The van der Waals surface area contributed by atoms with Crippen LogP contribution in [0.15, 0.2) is 18.3 Å². The van der Waals surface area contributed by atoms with Gasteiger partial charge in [0.2, 0.25) is 0 Å². The highest BCUT2D eigenvalue weighted by Gasteiger charge is 2.13. The van der Waals surface area contributed by atoms with Gasteiger partial charge in [-0.3, -0.25) is 4.98 Å². The molecule has 0 amide bonds. The Kier molecular flexibility index (Phi) is 5.68. The minimum absolute atomic E-state index is 0.923. The Hall–Kier alpha value is -1.26. The largest absolute Gasteiger partial charge is 0.312 e. The number of hydrogen-bond acceptors (Lipinski definition) is 4. The topological polar surface area (TPSA) is 37.8 Å². The van der Waals surface area contributed by atoms with Crippen LogP contribution in [0.1, 0.15) is 42.8 Å². The van der Waals surface area contributed by atoms with Crippen LogP contribution >= 0.6 is 11.3 Å². The maximum absolute atomic E-state index is 4.83. The summed E-state index contributed by atoms with van der Waals surface area (Å²) in [6.45, 7) is 8.47. The van der Waals surface area contributed by atoms with Crippen LogP contribution < -0.4 is 5.32 Å². The van der Waals surface area contributed by atoms with E-state index in [1.807, 2.05) is 12.3 Å². The number of pyridine rings is 1. The Labute approximate surface area is 125 Å². The van der Waals surface area contributed by atoms with Crippen LogP contribution in [0.4, 0.5) is 0 Å². The van der Waals surface area contributed by atoms with Crippen molar-refractivity contribution in [3.63, 3.8) is 0 Å². The molecule has 0 radical (unpaired) electrons. The van der Waals surface area contributed by atoms with Crippen molar-refractivity contribution in [2.75, 3.05) is 6.54 Å². The van der Waals surface area contributed by atoms with Crippen molar-refractivity contribution in [2.24, 2.45) is 0 Å². The first-order valence-corrected chi connectivity index (χ1v) is 8.19. The van der Waals surface area contributed by atoms with E-state index in [2.05, 4.69) is 37.1 Å². The quantitative estimate of drug-likeness (QED) is 0.784. The molecule has 2 aromatic rings. The second-order valence-corrected chi connectivity index (χ2v) is 6.07. The predicted octanol–water partition coefficient (Wildman–Crippen LogP) is 3.97. The van der Waals surface area contributed by atoms with Crippen molar-refractivity contribution in [3.8, 4) is 10.7 Å². The molecule has 1 N–H and O–H groups in total. The van der Waals surface area contributed by atoms with Crippen molar-refractivity contribution >= 4 is 11.3 Å². The molecule has 0 unspecified atom stereocenters. The lowest BCUT2D eigenvalue weighted by Crippen LogP contribution is -2.13. The summed E-state index contributed by atoms with van der Waals surface area (Å²) in [6, 6.07) is 4.07. The molecule has 0 saturated heterocycles. The maximum atomic E-state index is 4.83. The summed E-state index contributed by atoms with van der Waals surface area (Å²) in [5.74, 6) is 0. The Balaban J connectivity index is 2.26. The third-order valence-electron chi connectivity index (χ3n) is 3.19. The van der Waals surface area contributed by atoms with E-state index in [-0.39, 0.29) is 0 Å². The number of nitrogens with zero attached hydrogens (tertiary/aromatic N) is 2. The molecule has 0 aliphatic heterocycles. The molecule has 0 fully saturated rings. The van der Waals surface area contributed by atoms with Gasteiger partial charge in [0.1, 0.15) is 10.7 Å². The van der Waals surface area contributed by atoms with Crippen LogP contribution in [0, 0.1) is 6.92 Å². The Morgan fingerprint density at radius 3 is 2.80 bits per heavy atom. The number of aryl methyl sites for hydroxylation is 2. The number of aromatic nitrogens is 2. The second-order valence-electron chi connectivity index (χ2n) is 4.98. The lowest BCUT2D eigenvalue weighted by Gasteiger charge is -2.02. The molecule has 2 aromatic heterocycles. The minimum Gasteiger partial charge on any atom is -0.312 e. The van der Waals surface area contributed by atoms with E-state index in [4.69, 9.17) is 4.98 Å². The van der Waals surface area contributed by atoms with Gasteiger partial charge in [0.25, 0.3) is 0 Å². The lowest BCUT2D eigenvalue weighted by molar-refractivity contribution is 0.674. The fraction of sp³-hybridized carbons (Fsp3) is 0.500. The van der Waals surface area contributed by atoms with Crippen LogP contribution in [0.2, 0.25) is 0 Å². The molecule has 108 valence electrons. The molecular weight excluding hydrogens is 266 g/mol. The zero-order valence-corrected chi connectivity index (χ0v) is 13.4. The van der Waals surface area contributed by atoms with Gasteiger partial charge in [-0.2, -0.15) is 0 Å². The van der Waals surface area contributed by atoms with Gasteiger partial charge in [0, 0.05) is 17.6 Å². The summed E-state index contributed by atoms with van der Waals surface area (Å²) >= 11 is 1.78. The molecule has 3 nitrogen and oxygen atoms in total. The molecule has 2 rings (SSSR count). The number of rotatable bonds is 7. The molecule has 0 bridgehead atoms. The van der Waals surface area contributed by atoms with Gasteiger partial charge in [0.15, 0.2) is 0 Å². The van der Waals surface area contributed by atoms with Crippen molar-refractivity contribution in [1.82, 2.24) is 15.3 Å². The van der Waals surface area contributed by atoms with E-state index in [0.717, 1.165) is 43.1 Å². The highest BCUT2D eigenvalue weighted by atomic mass is 32.1. The van der Waals surface area contributed by atoms with Gasteiger partial charge in [-0.05, 0) is 37.9 Å². The highest BCUT2D eigenvalue weighted by Crippen LogP contribution is 2.29. The molecule has 0 aliphatic carbocycles. The van der Waals surface area contributed by atoms with Crippen LogP contribution in [0.3, 0.4) is 0 Å². The summed E-state index contributed by atoms with van der Waals surface area (Å²) in [7, 11) is 0.